The molecule has 0 saturated heterocycles. The highest BCUT2D eigenvalue weighted by molar-refractivity contribution is 5.66. The van der Waals surface area contributed by atoms with Gasteiger partial charge in [-0.2, -0.15) is 0 Å². The molecule has 0 spiro atoms. The zero-order valence-electron chi connectivity index (χ0n) is 8.97. The third-order valence-corrected chi connectivity index (χ3v) is 1.75. The van der Waals surface area contributed by atoms with Gasteiger partial charge in [-0.1, -0.05) is 34.6 Å². The van der Waals surface area contributed by atoms with Crippen LogP contribution in [0.5, 0.6) is 0 Å². The Morgan fingerprint density at radius 3 is 1.75 bits per heavy atom. The van der Waals surface area contributed by atoms with Crippen molar-refractivity contribution in [2.75, 3.05) is 0 Å². The molecular weight excluding hydrogens is 152 g/mol. The third kappa shape index (κ3) is 3.74. The highest BCUT2D eigenvalue weighted by Crippen LogP contribution is 2.27. The molecular formula is C10H20O2. The quantitative estimate of drug-likeness (QED) is 0.598. The molecule has 0 heterocycles. The van der Waals surface area contributed by atoms with Gasteiger partial charge in [0.2, 0.25) is 0 Å². The van der Waals surface area contributed by atoms with Crippen LogP contribution in [0.3, 0.4) is 0 Å². The second-order valence-electron chi connectivity index (χ2n) is 4.64. The number of hydrogen-bond acceptors (Lipinski definition) is 2. The molecule has 0 aliphatic carbocycles. The van der Waals surface area contributed by atoms with Gasteiger partial charge in [-0.05, 0) is 11.3 Å². The Bertz CT molecular complexity index is 154. The molecule has 0 unspecified atom stereocenters. The molecule has 0 aliphatic heterocycles. The molecule has 0 radical (unpaired) electrons. The summed E-state index contributed by atoms with van der Waals surface area (Å²) in [5.74, 6) is 0.178. The molecule has 0 saturated carbocycles. The maximum Gasteiger partial charge on any atom is 0.302 e. The second-order valence-corrected chi connectivity index (χ2v) is 4.64. The van der Waals surface area contributed by atoms with Gasteiger partial charge in [-0.25, -0.2) is 0 Å². The molecule has 0 N–H and O–H groups in total. The molecule has 0 bridgehead atoms. The van der Waals surface area contributed by atoms with Crippen molar-refractivity contribution in [2.45, 2.75) is 47.6 Å². The first kappa shape index (κ1) is 11.5. The summed E-state index contributed by atoms with van der Waals surface area (Å²) >= 11 is 0. The van der Waals surface area contributed by atoms with E-state index in [9.17, 15) is 4.79 Å². The van der Waals surface area contributed by atoms with Crippen LogP contribution >= 0.6 is 0 Å². The van der Waals surface area contributed by atoms with Crippen LogP contribution in [-0.2, 0) is 9.53 Å². The van der Waals surface area contributed by atoms with Crippen LogP contribution in [-0.4, -0.2) is 12.1 Å². The minimum atomic E-state index is -0.191. The maximum atomic E-state index is 10.8. The molecule has 0 aromatic heterocycles. The Hall–Kier alpha value is -0.530. The number of ether oxygens (including phenoxy) is 1. The van der Waals surface area contributed by atoms with Crippen molar-refractivity contribution in [2.24, 2.45) is 11.3 Å². The van der Waals surface area contributed by atoms with Gasteiger partial charge in [0.15, 0.2) is 0 Å². The van der Waals surface area contributed by atoms with Crippen molar-refractivity contribution < 1.29 is 9.53 Å². The van der Waals surface area contributed by atoms with Crippen LogP contribution in [0.1, 0.15) is 41.5 Å². The molecule has 2 heteroatoms. The fraction of sp³-hybridized carbons (Fsp3) is 0.900. The Morgan fingerprint density at radius 2 is 1.67 bits per heavy atom. The van der Waals surface area contributed by atoms with Gasteiger partial charge in [0.25, 0.3) is 0 Å². The fourth-order valence-corrected chi connectivity index (χ4v) is 1.49. The lowest BCUT2D eigenvalue weighted by Crippen LogP contribution is -2.35. The Kier molecular flexibility index (Phi) is 3.75. The first-order valence-electron chi connectivity index (χ1n) is 4.42. The Balaban J connectivity index is 4.35. The molecule has 0 aromatic carbocycles. The first-order chi connectivity index (χ1) is 5.25. The van der Waals surface area contributed by atoms with Crippen molar-refractivity contribution in [3.63, 3.8) is 0 Å². The van der Waals surface area contributed by atoms with Crippen molar-refractivity contribution in [1.29, 1.82) is 0 Å². The number of hydrogen-bond donors (Lipinski definition) is 0. The van der Waals surface area contributed by atoms with E-state index in [2.05, 4.69) is 34.6 Å². The van der Waals surface area contributed by atoms with E-state index < -0.39 is 0 Å². The third-order valence-electron chi connectivity index (χ3n) is 1.75. The molecule has 0 amide bonds. The molecule has 12 heavy (non-hydrogen) atoms. The van der Waals surface area contributed by atoms with Gasteiger partial charge in [0, 0.05) is 6.92 Å². The van der Waals surface area contributed by atoms with Crippen LogP contribution in [0.25, 0.3) is 0 Å². The number of carbonyl (C=O) groups excluding carboxylic acids is 1. The van der Waals surface area contributed by atoms with E-state index in [0.29, 0.717) is 5.92 Å². The summed E-state index contributed by atoms with van der Waals surface area (Å²) in [6, 6.07) is 0. The van der Waals surface area contributed by atoms with Crippen molar-refractivity contribution in [3.8, 4) is 0 Å². The van der Waals surface area contributed by atoms with Gasteiger partial charge in [-0.3, -0.25) is 4.79 Å². The van der Waals surface area contributed by atoms with E-state index in [0.717, 1.165) is 0 Å². The highest BCUT2D eigenvalue weighted by atomic mass is 16.5. The average Bonchev–Trinajstić information content (AvgIpc) is 1.79. The largest absolute Gasteiger partial charge is 0.462 e. The Morgan fingerprint density at radius 1 is 1.25 bits per heavy atom. The lowest BCUT2D eigenvalue weighted by Gasteiger charge is -2.32. The normalized spacial score (nSPS) is 14.6. The van der Waals surface area contributed by atoms with E-state index in [4.69, 9.17) is 4.74 Å². The van der Waals surface area contributed by atoms with Gasteiger partial charge in [0.05, 0.1) is 0 Å². The van der Waals surface area contributed by atoms with Crippen molar-refractivity contribution >= 4 is 5.97 Å². The standard InChI is InChI=1S/C10H20O2/c1-7(2)9(10(4,5)6)12-8(3)11/h7,9H,1-6H3/t9-/m1/s1. The molecule has 0 aromatic rings. The van der Waals surface area contributed by atoms with Gasteiger partial charge >= 0.3 is 5.97 Å². The molecule has 0 aliphatic rings. The van der Waals surface area contributed by atoms with E-state index in [-0.39, 0.29) is 17.5 Å². The highest BCUT2D eigenvalue weighted by Gasteiger charge is 2.29. The van der Waals surface area contributed by atoms with E-state index >= 15 is 0 Å². The minimum absolute atomic E-state index is 0.00926. The molecule has 2 nitrogen and oxygen atoms in total. The molecule has 1 atom stereocenters. The van der Waals surface area contributed by atoms with E-state index in [1.54, 1.807) is 0 Å². The predicted molar refractivity (Wildman–Crippen MR) is 49.8 cm³/mol. The predicted octanol–water partition coefficient (Wildman–Crippen LogP) is 2.62. The SMILES string of the molecule is CC(=O)O[C@H](C(C)C)C(C)(C)C. The number of rotatable bonds is 2. The second kappa shape index (κ2) is 3.92. The zero-order chi connectivity index (χ0) is 9.94. The van der Waals surface area contributed by atoms with Crippen LogP contribution in [0, 0.1) is 11.3 Å². The average molecular weight is 172 g/mol. The summed E-state index contributed by atoms with van der Waals surface area (Å²) in [6.07, 6.45) is 0.00926. The lowest BCUT2D eigenvalue weighted by atomic mass is 9.82. The summed E-state index contributed by atoms with van der Waals surface area (Å²) in [6.45, 7) is 11.8. The van der Waals surface area contributed by atoms with Gasteiger partial charge in [-0.15, -0.1) is 0 Å². The summed E-state index contributed by atoms with van der Waals surface area (Å²) in [5.41, 5.74) is 0.0276. The van der Waals surface area contributed by atoms with E-state index in [1.807, 2.05) is 0 Å². The fourth-order valence-electron chi connectivity index (χ4n) is 1.49. The van der Waals surface area contributed by atoms with Gasteiger partial charge < -0.3 is 4.74 Å². The number of esters is 1. The van der Waals surface area contributed by atoms with Crippen LogP contribution in [0.4, 0.5) is 0 Å². The van der Waals surface area contributed by atoms with Crippen LogP contribution in [0.15, 0.2) is 0 Å². The summed E-state index contributed by atoms with van der Waals surface area (Å²) in [7, 11) is 0. The lowest BCUT2D eigenvalue weighted by molar-refractivity contribution is -0.155. The van der Waals surface area contributed by atoms with Crippen LogP contribution < -0.4 is 0 Å². The van der Waals surface area contributed by atoms with Crippen molar-refractivity contribution in [1.82, 2.24) is 0 Å². The topological polar surface area (TPSA) is 26.3 Å². The van der Waals surface area contributed by atoms with Crippen LogP contribution in [0.2, 0.25) is 0 Å². The summed E-state index contributed by atoms with van der Waals surface area (Å²) in [4.78, 5) is 10.8. The summed E-state index contributed by atoms with van der Waals surface area (Å²) in [5, 5.41) is 0. The Labute approximate surface area is 75.3 Å². The molecule has 0 fully saturated rings. The first-order valence-corrected chi connectivity index (χ1v) is 4.42. The zero-order valence-corrected chi connectivity index (χ0v) is 8.97. The monoisotopic (exact) mass is 172 g/mol. The summed E-state index contributed by atoms with van der Waals surface area (Å²) < 4.78 is 5.24. The smallest absolute Gasteiger partial charge is 0.302 e. The molecule has 0 rings (SSSR count). The van der Waals surface area contributed by atoms with Crippen molar-refractivity contribution in [3.05, 3.63) is 0 Å². The minimum Gasteiger partial charge on any atom is -0.462 e. The molecule has 72 valence electrons. The van der Waals surface area contributed by atoms with Gasteiger partial charge in [0.1, 0.15) is 6.10 Å². The maximum absolute atomic E-state index is 10.8. The number of carbonyl (C=O) groups is 1. The van der Waals surface area contributed by atoms with E-state index in [1.165, 1.54) is 6.92 Å².